The Morgan fingerprint density at radius 2 is 1.97 bits per heavy atom. The number of amides is 1. The van der Waals surface area contributed by atoms with Crippen LogP contribution in [0.4, 0.5) is 5.13 Å². The van der Waals surface area contributed by atoms with Crippen LogP contribution in [-0.4, -0.2) is 41.0 Å². The van der Waals surface area contributed by atoms with Crippen LogP contribution in [0.3, 0.4) is 0 Å². The van der Waals surface area contributed by atoms with Crippen LogP contribution in [-0.2, 0) is 14.3 Å². The second-order valence-electron chi connectivity index (χ2n) is 8.75. The molecule has 2 heterocycles. The molecule has 0 saturated carbocycles. The van der Waals surface area contributed by atoms with Gasteiger partial charge >= 0.3 is 11.9 Å². The van der Waals surface area contributed by atoms with E-state index < -0.39 is 23.7 Å². The first kappa shape index (κ1) is 28.5. The Morgan fingerprint density at radius 1 is 1.23 bits per heavy atom. The van der Waals surface area contributed by atoms with Gasteiger partial charge in [-0.1, -0.05) is 61.6 Å². The number of nitrogens with zero attached hydrogens (tertiary/aromatic N) is 2. The number of unbranched alkanes of at least 4 members (excludes halogenated alkanes) is 1. The van der Waals surface area contributed by atoms with Gasteiger partial charge in [0, 0.05) is 9.13 Å². The minimum atomic E-state index is -0.964. The molecule has 4 rings (SSSR count). The number of carbonyl (C=O) groups excluding carboxylic acids is 3. The summed E-state index contributed by atoms with van der Waals surface area (Å²) >= 11 is 3.12. The quantitative estimate of drug-likeness (QED) is 0.0526. The molecule has 1 atom stereocenters. The number of hydrogen-bond acceptors (Lipinski definition) is 8. The van der Waals surface area contributed by atoms with Crippen molar-refractivity contribution >= 4 is 62.5 Å². The van der Waals surface area contributed by atoms with Crippen LogP contribution in [0.1, 0.15) is 52.3 Å². The lowest BCUT2D eigenvalue weighted by molar-refractivity contribution is -0.132. The molecule has 0 spiro atoms. The maximum Gasteiger partial charge on any atom is 0.350 e. The van der Waals surface area contributed by atoms with E-state index in [4.69, 9.17) is 9.47 Å². The standard InChI is InChI=1S/C29H27IN2O6S/c1-4-6-15-37-21-9-7-8-19(16-21)24(33)22-23(18-10-12-20(30)13-11-18)32(27(35)25(22)34)29-31-17(3)26(39-29)28(36)38-14-5-2/h5,7-13,16,23,33H,2,4,6,14-15H2,1,3H3. The molecule has 0 bridgehead atoms. The molecule has 39 heavy (non-hydrogen) atoms. The minimum Gasteiger partial charge on any atom is -0.507 e. The third kappa shape index (κ3) is 6.06. The normalized spacial score (nSPS) is 16.4. The number of aliphatic hydroxyl groups is 1. The molecule has 1 unspecified atom stereocenters. The van der Waals surface area contributed by atoms with Crippen LogP contribution in [0.25, 0.3) is 5.76 Å². The average Bonchev–Trinajstić information content (AvgIpc) is 3.44. The second kappa shape index (κ2) is 12.6. The highest BCUT2D eigenvalue weighted by Crippen LogP contribution is 2.44. The van der Waals surface area contributed by atoms with E-state index >= 15 is 0 Å². The van der Waals surface area contributed by atoms with Crippen molar-refractivity contribution in [3.63, 3.8) is 0 Å². The summed E-state index contributed by atoms with van der Waals surface area (Å²) in [6.07, 6.45) is 3.31. The highest BCUT2D eigenvalue weighted by Gasteiger charge is 2.48. The lowest BCUT2D eigenvalue weighted by Gasteiger charge is -2.23. The predicted octanol–water partition coefficient (Wildman–Crippen LogP) is 6.20. The van der Waals surface area contributed by atoms with Crippen molar-refractivity contribution in [2.24, 2.45) is 0 Å². The largest absolute Gasteiger partial charge is 0.507 e. The molecule has 3 aromatic rings. The molecule has 1 fully saturated rings. The molecule has 1 aromatic heterocycles. The Kier molecular flexibility index (Phi) is 9.18. The van der Waals surface area contributed by atoms with Gasteiger partial charge in [0.2, 0.25) is 0 Å². The highest BCUT2D eigenvalue weighted by atomic mass is 127. The van der Waals surface area contributed by atoms with Gasteiger partial charge in [0.25, 0.3) is 5.78 Å². The third-order valence-electron chi connectivity index (χ3n) is 6.01. The molecule has 2 aromatic carbocycles. The minimum absolute atomic E-state index is 0.0277. The molecule has 1 amide bonds. The van der Waals surface area contributed by atoms with Crippen molar-refractivity contribution in [1.82, 2.24) is 4.98 Å². The van der Waals surface area contributed by atoms with Crippen molar-refractivity contribution in [1.29, 1.82) is 0 Å². The number of benzene rings is 2. The summed E-state index contributed by atoms with van der Waals surface area (Å²) in [5, 5.41) is 11.6. The van der Waals surface area contributed by atoms with Crippen molar-refractivity contribution in [3.05, 3.63) is 92.0 Å². The Morgan fingerprint density at radius 3 is 2.67 bits per heavy atom. The molecule has 0 radical (unpaired) electrons. The van der Waals surface area contributed by atoms with Gasteiger partial charge in [-0.05, 0) is 65.8 Å². The molecular formula is C29H27IN2O6S. The zero-order valence-corrected chi connectivity index (χ0v) is 24.5. The zero-order chi connectivity index (χ0) is 28.1. The Bertz CT molecular complexity index is 1450. The number of aromatic nitrogens is 1. The van der Waals surface area contributed by atoms with Gasteiger partial charge in [0.15, 0.2) is 5.13 Å². The summed E-state index contributed by atoms with van der Waals surface area (Å²) in [6.45, 7) is 7.78. The molecule has 8 nitrogen and oxygen atoms in total. The zero-order valence-electron chi connectivity index (χ0n) is 21.5. The maximum atomic E-state index is 13.4. The van der Waals surface area contributed by atoms with E-state index in [-0.39, 0.29) is 27.9 Å². The van der Waals surface area contributed by atoms with Crippen LogP contribution < -0.4 is 9.64 Å². The fraction of sp³-hybridized carbons (Fsp3) is 0.241. The van der Waals surface area contributed by atoms with Gasteiger partial charge in [0.05, 0.1) is 23.9 Å². The number of esters is 1. The molecule has 1 N–H and O–H groups in total. The first-order valence-corrected chi connectivity index (χ1v) is 14.2. The summed E-state index contributed by atoms with van der Waals surface area (Å²) in [5.41, 5.74) is 1.25. The highest BCUT2D eigenvalue weighted by molar-refractivity contribution is 14.1. The van der Waals surface area contributed by atoms with Crippen molar-refractivity contribution in [2.45, 2.75) is 32.7 Å². The number of carbonyl (C=O) groups is 3. The molecule has 202 valence electrons. The molecule has 1 saturated heterocycles. The summed E-state index contributed by atoms with van der Waals surface area (Å²) in [7, 11) is 0. The van der Waals surface area contributed by atoms with Crippen LogP contribution in [0.2, 0.25) is 0 Å². The lowest BCUT2D eigenvalue weighted by atomic mass is 9.95. The molecule has 0 aliphatic carbocycles. The smallest absolute Gasteiger partial charge is 0.350 e. The van der Waals surface area contributed by atoms with E-state index in [1.54, 1.807) is 43.3 Å². The molecular weight excluding hydrogens is 631 g/mol. The number of aliphatic hydroxyl groups excluding tert-OH is 1. The number of rotatable bonds is 10. The molecule has 10 heteroatoms. The van der Waals surface area contributed by atoms with E-state index in [0.29, 0.717) is 29.2 Å². The Labute approximate surface area is 244 Å². The number of Topliss-reactive ketones (excluding diaryl/α,β-unsaturated/α-hetero) is 1. The number of ether oxygens (including phenoxy) is 2. The van der Waals surface area contributed by atoms with E-state index in [0.717, 1.165) is 27.7 Å². The number of aryl methyl sites for hydroxylation is 1. The van der Waals surface area contributed by atoms with E-state index in [2.05, 4.69) is 41.1 Å². The van der Waals surface area contributed by atoms with Gasteiger partial charge < -0.3 is 14.6 Å². The summed E-state index contributed by atoms with van der Waals surface area (Å²) in [5.74, 6) is -2.07. The van der Waals surface area contributed by atoms with Crippen molar-refractivity contribution in [3.8, 4) is 5.75 Å². The Balaban J connectivity index is 1.82. The summed E-state index contributed by atoms with van der Waals surface area (Å²) in [4.78, 5) is 45.3. The fourth-order valence-corrected chi connectivity index (χ4v) is 5.44. The SMILES string of the molecule is C=CCOC(=O)c1sc(N2C(=O)C(=O)C(=C(O)c3cccc(OCCCC)c3)C2c2ccc(I)cc2)nc1C. The molecule has 1 aliphatic rings. The lowest BCUT2D eigenvalue weighted by Crippen LogP contribution is -2.29. The van der Waals surface area contributed by atoms with Crippen LogP contribution in [0.5, 0.6) is 5.75 Å². The number of halogens is 1. The first-order chi connectivity index (χ1) is 18.8. The summed E-state index contributed by atoms with van der Waals surface area (Å²) < 4.78 is 11.9. The van der Waals surface area contributed by atoms with Crippen molar-refractivity contribution < 1.29 is 29.0 Å². The number of anilines is 1. The fourth-order valence-electron chi connectivity index (χ4n) is 4.09. The van der Waals surface area contributed by atoms with E-state index in [1.807, 2.05) is 12.1 Å². The van der Waals surface area contributed by atoms with Gasteiger partial charge in [-0.2, -0.15) is 0 Å². The topological polar surface area (TPSA) is 106 Å². The monoisotopic (exact) mass is 658 g/mol. The van der Waals surface area contributed by atoms with E-state index in [1.165, 1.54) is 11.0 Å². The number of thiazole rings is 1. The number of hydrogen-bond donors (Lipinski definition) is 1. The third-order valence-corrected chi connectivity index (χ3v) is 7.87. The predicted molar refractivity (Wildman–Crippen MR) is 158 cm³/mol. The summed E-state index contributed by atoms with van der Waals surface area (Å²) in [6, 6.07) is 13.1. The average molecular weight is 659 g/mol. The van der Waals surface area contributed by atoms with Gasteiger partial charge in [-0.15, -0.1) is 0 Å². The van der Waals surface area contributed by atoms with Gasteiger partial charge in [-0.25, -0.2) is 9.78 Å². The maximum absolute atomic E-state index is 13.4. The second-order valence-corrected chi connectivity index (χ2v) is 11.0. The van der Waals surface area contributed by atoms with Crippen LogP contribution >= 0.6 is 33.9 Å². The van der Waals surface area contributed by atoms with Gasteiger partial charge in [-0.3, -0.25) is 14.5 Å². The van der Waals surface area contributed by atoms with Gasteiger partial charge in [0.1, 0.15) is 23.0 Å². The van der Waals surface area contributed by atoms with Crippen LogP contribution in [0, 0.1) is 10.5 Å². The Hall–Kier alpha value is -3.51. The first-order valence-electron chi connectivity index (χ1n) is 12.3. The van der Waals surface area contributed by atoms with Crippen molar-refractivity contribution in [2.75, 3.05) is 18.1 Å². The number of ketones is 1. The van der Waals surface area contributed by atoms with Crippen LogP contribution in [0.15, 0.2) is 66.8 Å². The molecule has 1 aliphatic heterocycles. The van der Waals surface area contributed by atoms with E-state index in [9.17, 15) is 19.5 Å².